The third kappa shape index (κ3) is 6.02. The summed E-state index contributed by atoms with van der Waals surface area (Å²) in [6, 6.07) is 5.14. The van der Waals surface area contributed by atoms with Crippen LogP contribution in [0.3, 0.4) is 0 Å². The van der Waals surface area contributed by atoms with E-state index in [0.717, 1.165) is 12.1 Å². The Labute approximate surface area is 125 Å². The molecule has 0 radical (unpaired) electrons. The van der Waals surface area contributed by atoms with Crippen molar-refractivity contribution >= 4 is 11.9 Å². The van der Waals surface area contributed by atoms with E-state index >= 15 is 0 Å². The average molecular weight is 319 g/mol. The minimum atomic E-state index is -4.75. The van der Waals surface area contributed by atoms with Gasteiger partial charge >= 0.3 is 12.3 Å². The first-order valence-electron chi connectivity index (χ1n) is 6.39. The number of aliphatic carboxylic acids is 1. The SMILES string of the molecule is CC(C)(NC(=O)CCc1ccc(OC(F)(F)F)cc1)C(=O)O. The largest absolute Gasteiger partial charge is 0.573 e. The summed E-state index contributed by atoms with van der Waals surface area (Å²) in [5.41, 5.74) is -0.737. The van der Waals surface area contributed by atoms with Crippen LogP contribution in [0.4, 0.5) is 13.2 Å². The summed E-state index contributed by atoms with van der Waals surface area (Å²) in [6.45, 7) is 2.72. The second-order valence-corrected chi connectivity index (χ2v) is 5.17. The van der Waals surface area contributed by atoms with E-state index in [1.54, 1.807) is 0 Å². The van der Waals surface area contributed by atoms with Crippen LogP contribution in [0.1, 0.15) is 25.8 Å². The molecular formula is C14H16F3NO4. The summed E-state index contributed by atoms with van der Waals surface area (Å²) in [6.07, 6.45) is -4.45. The molecule has 0 aliphatic heterocycles. The van der Waals surface area contributed by atoms with Crippen molar-refractivity contribution in [2.45, 2.75) is 38.6 Å². The van der Waals surface area contributed by atoms with Gasteiger partial charge in [0.25, 0.3) is 0 Å². The lowest BCUT2D eigenvalue weighted by atomic mass is 10.0. The molecule has 0 unspecified atom stereocenters. The number of carboxylic acid groups (broad SMARTS) is 1. The number of carboxylic acids is 1. The first kappa shape index (κ1) is 17.8. The first-order valence-corrected chi connectivity index (χ1v) is 6.39. The molecule has 2 N–H and O–H groups in total. The second-order valence-electron chi connectivity index (χ2n) is 5.17. The van der Waals surface area contributed by atoms with Gasteiger partial charge in [0.05, 0.1) is 0 Å². The Balaban J connectivity index is 2.52. The van der Waals surface area contributed by atoms with Gasteiger partial charge in [-0.2, -0.15) is 0 Å². The van der Waals surface area contributed by atoms with Crippen molar-refractivity contribution in [3.8, 4) is 5.75 Å². The maximum atomic E-state index is 12.0. The molecule has 0 aromatic heterocycles. The Hall–Kier alpha value is -2.25. The molecule has 0 bridgehead atoms. The maximum Gasteiger partial charge on any atom is 0.573 e. The molecule has 8 heteroatoms. The highest BCUT2D eigenvalue weighted by atomic mass is 19.4. The Morgan fingerprint density at radius 3 is 2.18 bits per heavy atom. The Morgan fingerprint density at radius 2 is 1.73 bits per heavy atom. The van der Waals surface area contributed by atoms with Gasteiger partial charge in [-0.1, -0.05) is 12.1 Å². The molecule has 5 nitrogen and oxygen atoms in total. The monoisotopic (exact) mass is 319 g/mol. The molecule has 0 atom stereocenters. The third-order valence-corrected chi connectivity index (χ3v) is 2.78. The molecule has 1 aromatic carbocycles. The molecule has 1 rings (SSSR count). The fourth-order valence-corrected chi connectivity index (χ4v) is 1.58. The highest BCUT2D eigenvalue weighted by Crippen LogP contribution is 2.23. The smallest absolute Gasteiger partial charge is 0.480 e. The van der Waals surface area contributed by atoms with Gasteiger partial charge in [-0.3, -0.25) is 4.79 Å². The quantitative estimate of drug-likeness (QED) is 0.845. The van der Waals surface area contributed by atoms with E-state index in [9.17, 15) is 22.8 Å². The summed E-state index contributed by atoms with van der Waals surface area (Å²) in [7, 11) is 0. The minimum Gasteiger partial charge on any atom is -0.480 e. The number of amides is 1. The molecule has 0 spiro atoms. The van der Waals surface area contributed by atoms with E-state index in [4.69, 9.17) is 5.11 Å². The summed E-state index contributed by atoms with van der Waals surface area (Å²) in [5.74, 6) is -1.95. The van der Waals surface area contributed by atoms with Gasteiger partial charge in [0.2, 0.25) is 5.91 Å². The number of hydrogen-bond acceptors (Lipinski definition) is 3. The zero-order chi connectivity index (χ0) is 17.0. The van der Waals surface area contributed by atoms with E-state index in [1.807, 2.05) is 0 Å². The van der Waals surface area contributed by atoms with Crippen molar-refractivity contribution in [1.29, 1.82) is 0 Å². The van der Waals surface area contributed by atoms with E-state index in [1.165, 1.54) is 26.0 Å². The van der Waals surface area contributed by atoms with Crippen molar-refractivity contribution < 1.29 is 32.6 Å². The summed E-state index contributed by atoms with van der Waals surface area (Å²) < 4.78 is 39.7. The van der Waals surface area contributed by atoms with Gasteiger partial charge in [0.15, 0.2) is 0 Å². The van der Waals surface area contributed by atoms with Crippen LogP contribution in [-0.2, 0) is 16.0 Å². The number of carbonyl (C=O) groups is 2. The number of carbonyl (C=O) groups excluding carboxylic acids is 1. The molecule has 0 saturated heterocycles. The van der Waals surface area contributed by atoms with Crippen molar-refractivity contribution in [1.82, 2.24) is 5.32 Å². The minimum absolute atomic E-state index is 0.0240. The number of aryl methyl sites for hydroxylation is 1. The van der Waals surface area contributed by atoms with Crippen LogP contribution in [0.2, 0.25) is 0 Å². The number of nitrogens with one attached hydrogen (secondary N) is 1. The van der Waals surface area contributed by atoms with Crippen molar-refractivity contribution in [2.75, 3.05) is 0 Å². The van der Waals surface area contributed by atoms with Crippen LogP contribution < -0.4 is 10.1 Å². The molecule has 22 heavy (non-hydrogen) atoms. The molecule has 0 fully saturated rings. The number of rotatable bonds is 6. The van der Waals surface area contributed by atoms with Crippen LogP contribution in [0, 0.1) is 0 Å². The van der Waals surface area contributed by atoms with E-state index in [2.05, 4.69) is 10.1 Å². The Morgan fingerprint density at radius 1 is 1.18 bits per heavy atom. The zero-order valence-corrected chi connectivity index (χ0v) is 12.0. The highest BCUT2D eigenvalue weighted by molar-refractivity contribution is 5.86. The lowest BCUT2D eigenvalue weighted by Crippen LogP contribution is -2.49. The highest BCUT2D eigenvalue weighted by Gasteiger charge is 2.31. The topological polar surface area (TPSA) is 75.6 Å². The molecule has 0 saturated carbocycles. The van der Waals surface area contributed by atoms with Crippen LogP contribution in [-0.4, -0.2) is 28.9 Å². The predicted octanol–water partition coefficient (Wildman–Crippen LogP) is 2.50. The van der Waals surface area contributed by atoms with E-state index in [0.29, 0.717) is 5.56 Å². The Bertz CT molecular complexity index is 538. The Kier molecular flexibility index (Phi) is 5.40. The van der Waals surface area contributed by atoms with Gasteiger partial charge in [0.1, 0.15) is 11.3 Å². The standard InChI is InChI=1S/C14H16F3NO4/c1-13(2,12(20)21)18-11(19)8-5-9-3-6-10(7-4-9)22-14(15,16)17/h3-4,6-7H,5,8H2,1-2H3,(H,18,19)(H,20,21). The molecular weight excluding hydrogens is 303 g/mol. The van der Waals surface area contributed by atoms with Crippen LogP contribution >= 0.6 is 0 Å². The van der Waals surface area contributed by atoms with Gasteiger partial charge in [0, 0.05) is 6.42 Å². The summed E-state index contributed by atoms with van der Waals surface area (Å²) in [4.78, 5) is 22.5. The zero-order valence-electron chi connectivity index (χ0n) is 12.0. The lowest BCUT2D eigenvalue weighted by Gasteiger charge is -2.20. The second kappa shape index (κ2) is 6.67. The molecule has 1 amide bonds. The fraction of sp³-hybridized carbons (Fsp3) is 0.429. The maximum absolute atomic E-state index is 12.0. The van der Waals surface area contributed by atoms with Crippen LogP contribution in [0.25, 0.3) is 0 Å². The van der Waals surface area contributed by atoms with Crippen molar-refractivity contribution in [2.24, 2.45) is 0 Å². The van der Waals surface area contributed by atoms with Gasteiger partial charge < -0.3 is 15.2 Å². The first-order chi connectivity index (χ1) is 9.99. The molecule has 122 valence electrons. The summed E-state index contributed by atoms with van der Waals surface area (Å²) >= 11 is 0. The third-order valence-electron chi connectivity index (χ3n) is 2.78. The van der Waals surface area contributed by atoms with Crippen LogP contribution in [0.5, 0.6) is 5.75 Å². The number of halogens is 3. The lowest BCUT2D eigenvalue weighted by molar-refractivity contribution is -0.274. The van der Waals surface area contributed by atoms with E-state index < -0.39 is 23.8 Å². The number of hydrogen-bond donors (Lipinski definition) is 2. The molecule has 0 heterocycles. The van der Waals surface area contributed by atoms with Gasteiger partial charge in [-0.15, -0.1) is 13.2 Å². The van der Waals surface area contributed by atoms with Gasteiger partial charge in [-0.05, 0) is 38.0 Å². The number of alkyl halides is 3. The molecule has 0 aliphatic carbocycles. The predicted molar refractivity (Wildman–Crippen MR) is 71.3 cm³/mol. The molecule has 1 aromatic rings. The normalized spacial score (nSPS) is 11.9. The molecule has 0 aliphatic rings. The van der Waals surface area contributed by atoms with Crippen molar-refractivity contribution in [3.05, 3.63) is 29.8 Å². The van der Waals surface area contributed by atoms with Crippen molar-refractivity contribution in [3.63, 3.8) is 0 Å². The van der Waals surface area contributed by atoms with Gasteiger partial charge in [-0.25, -0.2) is 4.79 Å². The van der Waals surface area contributed by atoms with E-state index in [-0.39, 0.29) is 18.6 Å². The fourth-order valence-electron chi connectivity index (χ4n) is 1.58. The summed E-state index contributed by atoms with van der Waals surface area (Å²) in [5, 5.41) is 11.2. The number of ether oxygens (including phenoxy) is 1. The average Bonchev–Trinajstić information content (AvgIpc) is 2.35. The number of benzene rings is 1. The van der Waals surface area contributed by atoms with Crippen LogP contribution in [0.15, 0.2) is 24.3 Å².